The lowest BCUT2D eigenvalue weighted by molar-refractivity contribution is 0.0591. The highest BCUT2D eigenvalue weighted by Gasteiger charge is 2.32. The van der Waals surface area contributed by atoms with Gasteiger partial charge in [0.1, 0.15) is 5.69 Å². The molecular formula is C18H24N4O4. The molecule has 2 aromatic rings. The molecule has 140 valence electrons. The summed E-state index contributed by atoms with van der Waals surface area (Å²) in [5.41, 5.74) is 1.33. The molecule has 1 amide bonds. The van der Waals surface area contributed by atoms with Gasteiger partial charge in [-0.05, 0) is 45.5 Å². The molecule has 1 N–H and O–H groups in total. The summed E-state index contributed by atoms with van der Waals surface area (Å²) in [5, 5.41) is 13.2. The van der Waals surface area contributed by atoms with Gasteiger partial charge < -0.3 is 24.0 Å². The van der Waals surface area contributed by atoms with Gasteiger partial charge in [0.15, 0.2) is 11.5 Å². The molecule has 3 rings (SSSR count). The molecular weight excluding hydrogens is 336 g/mol. The van der Waals surface area contributed by atoms with Crippen LogP contribution < -0.4 is 0 Å². The molecule has 1 atom stereocenters. The fourth-order valence-electron chi connectivity index (χ4n) is 3.51. The van der Waals surface area contributed by atoms with E-state index in [-0.39, 0.29) is 17.6 Å². The van der Waals surface area contributed by atoms with Crippen molar-refractivity contribution in [1.29, 1.82) is 0 Å². The van der Waals surface area contributed by atoms with E-state index >= 15 is 0 Å². The first kappa shape index (κ1) is 18.2. The maximum atomic E-state index is 13.0. The summed E-state index contributed by atoms with van der Waals surface area (Å²) in [6, 6.07) is 4.89. The van der Waals surface area contributed by atoms with Crippen molar-refractivity contribution in [3.05, 3.63) is 41.0 Å². The number of likely N-dealkylation sites (tertiary alicyclic amines) is 1. The molecule has 0 aromatic carbocycles. The summed E-state index contributed by atoms with van der Waals surface area (Å²) in [7, 11) is 5.56. The Balaban J connectivity index is 1.86. The molecule has 0 bridgehead atoms. The van der Waals surface area contributed by atoms with Gasteiger partial charge in [-0.25, -0.2) is 4.79 Å². The maximum Gasteiger partial charge on any atom is 0.352 e. The number of amides is 1. The molecule has 0 radical (unpaired) electrons. The minimum absolute atomic E-state index is 0.164. The molecule has 1 aliphatic heterocycles. The lowest BCUT2D eigenvalue weighted by atomic mass is 9.98. The van der Waals surface area contributed by atoms with Crippen LogP contribution in [0.5, 0.6) is 0 Å². The van der Waals surface area contributed by atoms with Crippen LogP contribution in [-0.4, -0.2) is 57.1 Å². The van der Waals surface area contributed by atoms with E-state index in [1.165, 1.54) is 0 Å². The molecule has 0 aliphatic carbocycles. The Kier molecular flexibility index (Phi) is 5.13. The average Bonchev–Trinajstić information content (AvgIpc) is 3.20. The molecule has 8 heteroatoms. The number of rotatable bonds is 5. The first-order chi connectivity index (χ1) is 12.4. The molecule has 0 spiro atoms. The third-order valence-electron chi connectivity index (χ3n) is 4.73. The van der Waals surface area contributed by atoms with Crippen LogP contribution in [0.25, 0.3) is 0 Å². The third kappa shape index (κ3) is 3.50. The Labute approximate surface area is 152 Å². The van der Waals surface area contributed by atoms with Crippen LogP contribution in [0.15, 0.2) is 22.7 Å². The Bertz CT molecular complexity index is 808. The van der Waals surface area contributed by atoms with Crippen molar-refractivity contribution in [3.63, 3.8) is 0 Å². The second kappa shape index (κ2) is 7.33. The SMILES string of the molecule is CN(C)Cc1cc(C(=O)N2CCCCC2c2ccc(C(=O)O)n2C)no1. The number of hydrogen-bond donors (Lipinski definition) is 1. The van der Waals surface area contributed by atoms with E-state index in [0.29, 0.717) is 24.5 Å². The fraction of sp³-hybridized carbons (Fsp3) is 0.500. The topological polar surface area (TPSA) is 91.8 Å². The monoisotopic (exact) mass is 360 g/mol. The van der Waals surface area contributed by atoms with Gasteiger partial charge in [0.05, 0.1) is 12.6 Å². The smallest absolute Gasteiger partial charge is 0.352 e. The van der Waals surface area contributed by atoms with Crippen molar-refractivity contribution in [2.45, 2.75) is 31.8 Å². The number of aromatic carboxylic acids is 1. The van der Waals surface area contributed by atoms with E-state index < -0.39 is 5.97 Å². The molecule has 2 aromatic heterocycles. The molecule has 3 heterocycles. The highest BCUT2D eigenvalue weighted by atomic mass is 16.5. The van der Waals surface area contributed by atoms with Crippen LogP contribution in [0, 0.1) is 0 Å². The molecule has 26 heavy (non-hydrogen) atoms. The van der Waals surface area contributed by atoms with Crippen LogP contribution in [0.2, 0.25) is 0 Å². The van der Waals surface area contributed by atoms with Crippen molar-refractivity contribution in [2.75, 3.05) is 20.6 Å². The average molecular weight is 360 g/mol. The number of carboxylic acids is 1. The number of carbonyl (C=O) groups is 2. The highest BCUT2D eigenvalue weighted by Crippen LogP contribution is 2.33. The lowest BCUT2D eigenvalue weighted by Crippen LogP contribution is -2.39. The molecule has 1 fully saturated rings. The van der Waals surface area contributed by atoms with Gasteiger partial charge >= 0.3 is 5.97 Å². The second-order valence-corrected chi connectivity index (χ2v) is 6.93. The predicted octanol–water partition coefficient (Wildman–Crippen LogP) is 2.14. The Hall–Kier alpha value is -2.61. The van der Waals surface area contributed by atoms with Gasteiger partial charge in [-0.1, -0.05) is 5.16 Å². The first-order valence-corrected chi connectivity index (χ1v) is 8.68. The molecule has 1 aliphatic rings. The standard InChI is InChI=1S/C18H24N4O4/c1-20(2)11-12-10-13(19-26-12)17(23)22-9-5-4-6-15(22)14-7-8-16(18(24)25)21(14)3/h7-8,10,15H,4-6,9,11H2,1-3H3,(H,24,25). The summed E-state index contributed by atoms with van der Waals surface area (Å²) in [6.07, 6.45) is 2.71. The Morgan fingerprint density at radius 3 is 2.77 bits per heavy atom. The molecule has 8 nitrogen and oxygen atoms in total. The van der Waals surface area contributed by atoms with Crippen molar-refractivity contribution in [2.24, 2.45) is 7.05 Å². The Morgan fingerprint density at radius 2 is 2.12 bits per heavy atom. The van der Waals surface area contributed by atoms with Crippen molar-refractivity contribution >= 4 is 11.9 Å². The largest absolute Gasteiger partial charge is 0.477 e. The van der Waals surface area contributed by atoms with E-state index in [9.17, 15) is 14.7 Å². The van der Waals surface area contributed by atoms with Crippen LogP contribution in [-0.2, 0) is 13.6 Å². The van der Waals surface area contributed by atoms with Crippen molar-refractivity contribution in [3.8, 4) is 0 Å². The number of nitrogens with zero attached hydrogens (tertiary/aromatic N) is 4. The van der Waals surface area contributed by atoms with E-state index in [4.69, 9.17) is 4.52 Å². The van der Waals surface area contributed by atoms with Gasteiger partial charge in [-0.2, -0.15) is 0 Å². The summed E-state index contributed by atoms with van der Waals surface area (Å²) in [6.45, 7) is 1.19. The quantitative estimate of drug-likeness (QED) is 0.878. The van der Waals surface area contributed by atoms with Gasteiger partial charge in [0.2, 0.25) is 0 Å². The summed E-state index contributed by atoms with van der Waals surface area (Å²) >= 11 is 0. The van der Waals surface area contributed by atoms with E-state index in [2.05, 4.69) is 5.16 Å². The number of hydrogen-bond acceptors (Lipinski definition) is 5. The van der Waals surface area contributed by atoms with Crippen LogP contribution in [0.1, 0.15) is 57.7 Å². The summed E-state index contributed by atoms with van der Waals surface area (Å²) < 4.78 is 6.92. The molecule has 0 saturated carbocycles. The van der Waals surface area contributed by atoms with Gasteiger partial charge in [-0.3, -0.25) is 4.79 Å². The van der Waals surface area contributed by atoms with Gasteiger partial charge in [0, 0.05) is 25.4 Å². The number of piperidine rings is 1. The zero-order chi connectivity index (χ0) is 18.8. The van der Waals surface area contributed by atoms with Gasteiger partial charge in [-0.15, -0.1) is 0 Å². The zero-order valence-corrected chi connectivity index (χ0v) is 15.3. The van der Waals surface area contributed by atoms with Crippen LogP contribution >= 0.6 is 0 Å². The van der Waals surface area contributed by atoms with E-state index in [0.717, 1.165) is 25.0 Å². The van der Waals surface area contributed by atoms with Crippen LogP contribution in [0.4, 0.5) is 0 Å². The maximum absolute atomic E-state index is 13.0. The van der Waals surface area contributed by atoms with E-state index in [1.54, 1.807) is 34.7 Å². The minimum atomic E-state index is -0.975. The fourth-order valence-corrected chi connectivity index (χ4v) is 3.51. The zero-order valence-electron chi connectivity index (χ0n) is 15.3. The molecule has 1 unspecified atom stereocenters. The number of aromatic nitrogens is 2. The van der Waals surface area contributed by atoms with Crippen LogP contribution in [0.3, 0.4) is 0 Å². The lowest BCUT2D eigenvalue weighted by Gasteiger charge is -2.35. The highest BCUT2D eigenvalue weighted by molar-refractivity contribution is 5.92. The van der Waals surface area contributed by atoms with Crippen molar-refractivity contribution < 1.29 is 19.2 Å². The van der Waals surface area contributed by atoms with E-state index in [1.807, 2.05) is 19.0 Å². The number of carbonyl (C=O) groups excluding carboxylic acids is 1. The minimum Gasteiger partial charge on any atom is -0.477 e. The molecule has 1 saturated heterocycles. The third-order valence-corrected chi connectivity index (χ3v) is 4.73. The summed E-state index contributed by atoms with van der Waals surface area (Å²) in [5.74, 6) is -0.516. The first-order valence-electron chi connectivity index (χ1n) is 8.68. The summed E-state index contributed by atoms with van der Waals surface area (Å²) in [4.78, 5) is 28.0. The predicted molar refractivity (Wildman–Crippen MR) is 93.9 cm³/mol. The number of carboxylic acid groups (broad SMARTS) is 1. The normalized spacial score (nSPS) is 17.7. The second-order valence-electron chi connectivity index (χ2n) is 6.93. The Morgan fingerprint density at radius 1 is 1.35 bits per heavy atom. The van der Waals surface area contributed by atoms with Crippen molar-refractivity contribution in [1.82, 2.24) is 19.5 Å². The van der Waals surface area contributed by atoms with Gasteiger partial charge in [0.25, 0.3) is 5.91 Å².